The van der Waals surface area contributed by atoms with Gasteiger partial charge in [-0.1, -0.05) is 30.7 Å². The molecule has 0 unspecified atom stereocenters. The standard InChI is InChI=1S/C45H53N5O6/c1-30-39(43(52)47(3)35-13-15-37(51)16-14-35)26-42(46(30)2)40-24-32-17-18-49(45(54)56-38-11-5-4-6-12-38)27-34(32)25-41(40)44(53)50-28-33-10-8-7-9-31(33)23-36(50)29-48-19-21-55-22-20-48/h7-10,13-16,24-26,36,38,51H,4-6,11-12,17-23,27-29H2,1-3H3/t36-/m0/s1. The number of hydrogen-bond acceptors (Lipinski definition) is 7. The van der Waals surface area contributed by atoms with Crippen LogP contribution in [0, 0.1) is 6.92 Å². The Balaban J connectivity index is 1.17. The van der Waals surface area contributed by atoms with Crippen molar-refractivity contribution in [3.8, 4) is 17.0 Å². The summed E-state index contributed by atoms with van der Waals surface area (Å²) in [5.41, 5.74) is 8.52. The predicted molar refractivity (Wildman–Crippen MR) is 215 cm³/mol. The topological polar surface area (TPSA) is 108 Å². The van der Waals surface area contributed by atoms with Gasteiger partial charge >= 0.3 is 6.09 Å². The Bertz CT molecular complexity index is 2100. The molecule has 1 atom stereocenters. The third-order valence-electron chi connectivity index (χ3n) is 12.4. The number of morpholine rings is 1. The molecule has 1 aliphatic carbocycles. The van der Waals surface area contributed by atoms with Gasteiger partial charge in [-0.25, -0.2) is 4.79 Å². The zero-order chi connectivity index (χ0) is 38.9. The molecule has 0 radical (unpaired) electrons. The molecule has 3 aliphatic heterocycles. The molecule has 1 aromatic heterocycles. The Morgan fingerprint density at radius 1 is 0.857 bits per heavy atom. The first-order valence-electron chi connectivity index (χ1n) is 20.2. The van der Waals surface area contributed by atoms with Crippen LogP contribution in [0.2, 0.25) is 0 Å². The minimum absolute atomic E-state index is 0.0342. The molecule has 1 saturated carbocycles. The number of ether oxygens (including phenoxy) is 2. The van der Waals surface area contributed by atoms with Crippen LogP contribution in [0.4, 0.5) is 10.5 Å². The summed E-state index contributed by atoms with van der Waals surface area (Å²) in [4.78, 5) is 50.7. The zero-order valence-electron chi connectivity index (χ0n) is 32.8. The summed E-state index contributed by atoms with van der Waals surface area (Å²) in [5, 5.41) is 9.84. The Morgan fingerprint density at radius 3 is 2.34 bits per heavy atom. The number of nitrogens with zero attached hydrogens (tertiary/aromatic N) is 5. The highest BCUT2D eigenvalue weighted by atomic mass is 16.6. The lowest BCUT2D eigenvalue weighted by atomic mass is 9.89. The number of phenolic OH excluding ortho intramolecular Hbond substituents is 1. The first-order chi connectivity index (χ1) is 27.1. The van der Waals surface area contributed by atoms with Crippen molar-refractivity contribution in [2.45, 2.75) is 77.1 Å². The van der Waals surface area contributed by atoms with Gasteiger partial charge < -0.3 is 33.8 Å². The molecular weight excluding hydrogens is 707 g/mol. The van der Waals surface area contributed by atoms with Gasteiger partial charge in [-0.05, 0) is 110 Å². The van der Waals surface area contributed by atoms with Crippen LogP contribution >= 0.6 is 0 Å². The number of amides is 3. The first-order valence-corrected chi connectivity index (χ1v) is 20.2. The van der Waals surface area contributed by atoms with E-state index in [1.54, 1.807) is 41.1 Å². The molecule has 1 N–H and O–H groups in total. The summed E-state index contributed by atoms with van der Waals surface area (Å²) in [6.07, 6.45) is 6.25. The molecule has 1 saturated heterocycles. The van der Waals surface area contributed by atoms with E-state index in [1.807, 2.05) is 41.6 Å². The highest BCUT2D eigenvalue weighted by molar-refractivity contribution is 6.08. The van der Waals surface area contributed by atoms with Gasteiger partial charge in [0.05, 0.1) is 18.8 Å². The van der Waals surface area contributed by atoms with Crippen LogP contribution in [0.15, 0.2) is 66.7 Å². The van der Waals surface area contributed by atoms with Crippen LogP contribution in [0.25, 0.3) is 11.3 Å². The van der Waals surface area contributed by atoms with Crippen molar-refractivity contribution in [1.82, 2.24) is 19.3 Å². The lowest BCUT2D eigenvalue weighted by Crippen LogP contribution is -2.52. The quantitative estimate of drug-likeness (QED) is 0.223. The molecule has 3 aromatic carbocycles. The number of phenols is 1. The predicted octanol–water partition coefficient (Wildman–Crippen LogP) is 6.71. The molecular formula is C45H53N5O6. The number of carbonyl (C=O) groups excluding carboxylic acids is 3. The second-order valence-corrected chi connectivity index (χ2v) is 15.9. The maximum absolute atomic E-state index is 15.3. The number of aromatic hydroxyl groups is 1. The van der Waals surface area contributed by atoms with Gasteiger partial charge in [-0.2, -0.15) is 0 Å². The molecule has 0 spiro atoms. The molecule has 8 rings (SSSR count). The number of benzene rings is 3. The molecule has 2 fully saturated rings. The lowest BCUT2D eigenvalue weighted by molar-refractivity contribution is 0.0193. The van der Waals surface area contributed by atoms with E-state index < -0.39 is 0 Å². The first kappa shape index (κ1) is 37.8. The Morgan fingerprint density at radius 2 is 1.59 bits per heavy atom. The van der Waals surface area contributed by atoms with E-state index in [1.165, 1.54) is 12.0 Å². The van der Waals surface area contributed by atoms with Crippen LogP contribution in [0.1, 0.15) is 80.8 Å². The largest absolute Gasteiger partial charge is 0.508 e. The maximum atomic E-state index is 15.3. The van der Waals surface area contributed by atoms with Crippen molar-refractivity contribution >= 4 is 23.6 Å². The van der Waals surface area contributed by atoms with E-state index >= 15 is 4.79 Å². The van der Waals surface area contributed by atoms with Crippen molar-refractivity contribution in [3.63, 3.8) is 0 Å². The molecule has 56 heavy (non-hydrogen) atoms. The van der Waals surface area contributed by atoms with E-state index in [-0.39, 0.29) is 35.8 Å². The van der Waals surface area contributed by atoms with Gasteiger partial charge in [-0.3, -0.25) is 14.5 Å². The highest BCUT2D eigenvalue weighted by Crippen LogP contribution is 2.36. The summed E-state index contributed by atoms with van der Waals surface area (Å²) in [7, 11) is 3.67. The normalized spacial score (nSPS) is 18.9. The lowest BCUT2D eigenvalue weighted by Gasteiger charge is -2.41. The number of hydrogen-bond donors (Lipinski definition) is 1. The zero-order valence-corrected chi connectivity index (χ0v) is 32.8. The summed E-state index contributed by atoms with van der Waals surface area (Å²) in [5.74, 6) is -0.123. The van der Waals surface area contributed by atoms with Crippen LogP contribution in [0.3, 0.4) is 0 Å². The van der Waals surface area contributed by atoms with Crippen molar-refractivity contribution in [2.75, 3.05) is 51.3 Å². The molecule has 4 aromatic rings. The van der Waals surface area contributed by atoms with E-state index in [0.717, 1.165) is 85.4 Å². The molecule has 4 aliphatic rings. The van der Waals surface area contributed by atoms with Gasteiger partial charge in [0.25, 0.3) is 11.8 Å². The average Bonchev–Trinajstić information content (AvgIpc) is 3.52. The fraction of sp³-hybridized carbons (Fsp3) is 0.444. The number of anilines is 1. The van der Waals surface area contributed by atoms with Gasteiger partial charge in [-0.15, -0.1) is 0 Å². The van der Waals surface area contributed by atoms with Crippen molar-refractivity contribution in [1.29, 1.82) is 0 Å². The molecule has 294 valence electrons. The van der Waals surface area contributed by atoms with Crippen LogP contribution in [-0.4, -0.2) is 101 Å². The highest BCUT2D eigenvalue weighted by Gasteiger charge is 2.35. The summed E-state index contributed by atoms with van der Waals surface area (Å²) < 4.78 is 13.7. The molecule has 11 nitrogen and oxygen atoms in total. The van der Waals surface area contributed by atoms with Crippen molar-refractivity contribution in [3.05, 3.63) is 106 Å². The van der Waals surface area contributed by atoms with Gasteiger partial charge in [0.15, 0.2) is 0 Å². The number of fused-ring (bicyclic) bond motifs is 2. The van der Waals surface area contributed by atoms with Gasteiger partial charge in [0.2, 0.25) is 0 Å². The SMILES string of the molecule is Cc1c(C(=O)N(C)c2ccc(O)cc2)cc(-c2cc3c(cc2C(=O)N2Cc4ccccc4C[C@H]2CN2CCOCC2)CN(C(=O)OC2CCCCC2)CC3)n1C. The summed E-state index contributed by atoms with van der Waals surface area (Å²) >= 11 is 0. The van der Waals surface area contributed by atoms with Crippen LogP contribution < -0.4 is 4.90 Å². The van der Waals surface area contributed by atoms with Gasteiger partial charge in [0.1, 0.15) is 11.9 Å². The fourth-order valence-corrected chi connectivity index (χ4v) is 8.93. The number of aromatic nitrogens is 1. The second kappa shape index (κ2) is 16.2. The third-order valence-corrected chi connectivity index (χ3v) is 12.4. The molecule has 0 bridgehead atoms. The summed E-state index contributed by atoms with van der Waals surface area (Å²) in [6, 6.07) is 20.9. The number of rotatable bonds is 7. The molecule has 11 heteroatoms. The Hall–Kier alpha value is -5.13. The van der Waals surface area contributed by atoms with E-state index in [4.69, 9.17) is 9.47 Å². The van der Waals surface area contributed by atoms with Crippen molar-refractivity contribution in [2.24, 2.45) is 7.05 Å². The number of carbonyl (C=O) groups is 3. The van der Waals surface area contributed by atoms with Crippen LogP contribution in [-0.2, 0) is 42.5 Å². The van der Waals surface area contributed by atoms with E-state index in [9.17, 15) is 14.7 Å². The Kier molecular flexibility index (Phi) is 10.9. The minimum atomic E-state index is -0.281. The second-order valence-electron chi connectivity index (χ2n) is 15.9. The summed E-state index contributed by atoms with van der Waals surface area (Å²) in [6.45, 7) is 7.09. The minimum Gasteiger partial charge on any atom is -0.508 e. The van der Waals surface area contributed by atoms with Crippen molar-refractivity contribution < 1.29 is 29.0 Å². The Labute approximate surface area is 329 Å². The average molecular weight is 760 g/mol. The monoisotopic (exact) mass is 759 g/mol. The smallest absolute Gasteiger partial charge is 0.410 e. The van der Waals surface area contributed by atoms with E-state index in [0.29, 0.717) is 56.1 Å². The molecule has 4 heterocycles. The van der Waals surface area contributed by atoms with Crippen LogP contribution in [0.5, 0.6) is 5.75 Å². The fourth-order valence-electron chi connectivity index (χ4n) is 8.93. The van der Waals surface area contributed by atoms with Gasteiger partial charge in [0, 0.05) is 87.6 Å². The third kappa shape index (κ3) is 7.67. The molecule has 3 amide bonds. The maximum Gasteiger partial charge on any atom is 0.410 e. The van der Waals surface area contributed by atoms with E-state index in [2.05, 4.69) is 29.2 Å².